The van der Waals surface area contributed by atoms with Crippen LogP contribution in [0, 0.1) is 0 Å². The van der Waals surface area contributed by atoms with Crippen LogP contribution in [0.4, 0.5) is 0 Å². The van der Waals surface area contributed by atoms with Gasteiger partial charge >= 0.3 is 0 Å². The van der Waals surface area contributed by atoms with Gasteiger partial charge in [-0.25, -0.2) is 5.43 Å². The van der Waals surface area contributed by atoms with E-state index in [4.69, 9.17) is 9.47 Å². The van der Waals surface area contributed by atoms with Gasteiger partial charge in [-0.15, -0.1) is 0 Å². The number of amides is 2. The monoisotopic (exact) mass is 369 g/mol. The van der Waals surface area contributed by atoms with Crippen molar-refractivity contribution in [3.63, 3.8) is 0 Å². The maximum Gasteiger partial charge on any atom is 0.251 e. The Labute approximate surface area is 158 Å². The Morgan fingerprint density at radius 2 is 1.78 bits per heavy atom. The van der Waals surface area contributed by atoms with Crippen LogP contribution in [0.1, 0.15) is 28.8 Å². The summed E-state index contributed by atoms with van der Waals surface area (Å²) in [5.41, 5.74) is 3.83. The van der Waals surface area contributed by atoms with Gasteiger partial charge in [0.05, 0.1) is 20.4 Å². The van der Waals surface area contributed by atoms with Crippen LogP contribution < -0.4 is 20.2 Å². The fraction of sp³-hybridized carbons (Fsp3) is 0.250. The lowest BCUT2D eigenvalue weighted by Gasteiger charge is -2.07. The molecule has 7 heteroatoms. The maximum atomic E-state index is 11.9. The molecule has 2 aromatic carbocycles. The molecule has 0 aliphatic heterocycles. The molecule has 2 N–H and O–H groups in total. The molecular formula is C20H23N3O4. The molecule has 0 saturated heterocycles. The minimum Gasteiger partial charge on any atom is -0.493 e. The summed E-state index contributed by atoms with van der Waals surface area (Å²) in [7, 11) is 3.12. The number of carbonyl (C=O) groups is 2. The molecule has 0 heterocycles. The number of nitrogens with zero attached hydrogens (tertiary/aromatic N) is 1. The third-order valence-corrected chi connectivity index (χ3v) is 3.71. The summed E-state index contributed by atoms with van der Waals surface area (Å²) >= 11 is 0. The van der Waals surface area contributed by atoms with Crippen molar-refractivity contribution in [2.75, 3.05) is 20.8 Å². The summed E-state index contributed by atoms with van der Waals surface area (Å²) in [6.45, 7) is 0.417. The van der Waals surface area contributed by atoms with Crippen LogP contribution >= 0.6 is 0 Å². The van der Waals surface area contributed by atoms with Gasteiger partial charge in [-0.1, -0.05) is 18.2 Å². The van der Waals surface area contributed by atoms with E-state index in [1.165, 1.54) is 6.21 Å². The van der Waals surface area contributed by atoms with Gasteiger partial charge in [0.25, 0.3) is 5.91 Å². The number of hydrazone groups is 1. The first-order valence-corrected chi connectivity index (χ1v) is 8.51. The Morgan fingerprint density at radius 3 is 2.48 bits per heavy atom. The van der Waals surface area contributed by atoms with Gasteiger partial charge in [0.1, 0.15) is 0 Å². The van der Waals surface area contributed by atoms with Gasteiger partial charge in [0, 0.05) is 18.5 Å². The summed E-state index contributed by atoms with van der Waals surface area (Å²) in [6.07, 6.45) is 2.31. The molecule has 142 valence electrons. The zero-order chi connectivity index (χ0) is 19.5. The highest BCUT2D eigenvalue weighted by atomic mass is 16.5. The molecular weight excluding hydrogens is 346 g/mol. The lowest BCUT2D eigenvalue weighted by molar-refractivity contribution is -0.121. The standard InChI is InChI=1S/C20H23N3O4/c1-26-17-11-10-15(13-18(17)27-2)14-22-23-19(24)9-6-12-21-20(25)16-7-4-3-5-8-16/h3-5,7-8,10-11,13-14H,6,9,12H2,1-2H3,(H,21,25)(H,23,24)/b22-14+. The molecule has 2 rings (SSSR count). The largest absolute Gasteiger partial charge is 0.493 e. The van der Waals surface area contributed by atoms with E-state index < -0.39 is 0 Å². The number of hydrogen-bond donors (Lipinski definition) is 2. The van der Waals surface area contributed by atoms with E-state index in [1.807, 2.05) is 6.07 Å². The van der Waals surface area contributed by atoms with Crippen LogP contribution in [0.15, 0.2) is 53.6 Å². The van der Waals surface area contributed by atoms with Gasteiger partial charge in [0.15, 0.2) is 11.5 Å². The molecule has 2 aromatic rings. The van der Waals surface area contributed by atoms with Crippen molar-refractivity contribution in [1.82, 2.24) is 10.7 Å². The number of benzene rings is 2. The van der Waals surface area contributed by atoms with Gasteiger partial charge < -0.3 is 14.8 Å². The predicted octanol–water partition coefficient (Wildman–Crippen LogP) is 2.36. The first-order chi connectivity index (χ1) is 13.1. The fourth-order valence-electron chi connectivity index (χ4n) is 2.31. The van der Waals surface area contributed by atoms with Crippen molar-refractivity contribution >= 4 is 18.0 Å². The predicted molar refractivity (Wildman–Crippen MR) is 103 cm³/mol. The third kappa shape index (κ3) is 6.47. The van der Waals surface area contributed by atoms with Gasteiger partial charge in [0.2, 0.25) is 5.91 Å². The van der Waals surface area contributed by atoms with E-state index in [-0.39, 0.29) is 18.2 Å². The summed E-state index contributed by atoms with van der Waals surface area (Å²) in [4.78, 5) is 23.7. The molecule has 0 fully saturated rings. The van der Waals surface area contributed by atoms with Crippen molar-refractivity contribution in [3.8, 4) is 11.5 Å². The molecule has 0 radical (unpaired) electrons. The van der Waals surface area contributed by atoms with Crippen LogP contribution in [0.2, 0.25) is 0 Å². The van der Waals surface area contributed by atoms with Crippen molar-refractivity contribution < 1.29 is 19.1 Å². The molecule has 0 spiro atoms. The summed E-state index contributed by atoms with van der Waals surface area (Å²) in [6, 6.07) is 14.3. The SMILES string of the molecule is COc1ccc(/C=N/NC(=O)CCCNC(=O)c2ccccc2)cc1OC. The van der Waals surface area contributed by atoms with Crippen molar-refractivity contribution in [1.29, 1.82) is 0 Å². The second-order valence-corrected chi connectivity index (χ2v) is 5.63. The molecule has 0 saturated carbocycles. The molecule has 0 unspecified atom stereocenters. The molecule has 0 aliphatic rings. The van der Waals surface area contributed by atoms with Gasteiger partial charge in [-0.2, -0.15) is 5.10 Å². The van der Waals surface area contributed by atoms with Crippen molar-refractivity contribution in [2.24, 2.45) is 5.10 Å². The topological polar surface area (TPSA) is 89.0 Å². The number of rotatable bonds is 9. The van der Waals surface area contributed by atoms with E-state index in [1.54, 1.807) is 56.7 Å². The lowest BCUT2D eigenvalue weighted by Crippen LogP contribution is -2.26. The fourth-order valence-corrected chi connectivity index (χ4v) is 2.31. The molecule has 0 atom stereocenters. The minimum absolute atomic E-state index is 0.150. The second kappa shape index (κ2) is 10.6. The van der Waals surface area contributed by atoms with Crippen LogP contribution in [0.3, 0.4) is 0 Å². The average molecular weight is 369 g/mol. The second-order valence-electron chi connectivity index (χ2n) is 5.63. The highest BCUT2D eigenvalue weighted by Crippen LogP contribution is 2.26. The highest BCUT2D eigenvalue weighted by molar-refractivity contribution is 5.94. The maximum absolute atomic E-state index is 11.9. The Balaban J connectivity index is 1.70. The zero-order valence-electron chi connectivity index (χ0n) is 15.4. The Morgan fingerprint density at radius 1 is 1.04 bits per heavy atom. The summed E-state index contributed by atoms with van der Waals surface area (Å²) in [5.74, 6) is 0.835. The number of methoxy groups -OCH3 is 2. The molecule has 0 bridgehead atoms. The molecule has 2 amide bonds. The Kier molecular flexibility index (Phi) is 7.84. The van der Waals surface area contributed by atoms with E-state index in [0.29, 0.717) is 30.0 Å². The summed E-state index contributed by atoms with van der Waals surface area (Å²) in [5, 5.41) is 6.70. The average Bonchev–Trinajstić information content (AvgIpc) is 2.71. The zero-order valence-corrected chi connectivity index (χ0v) is 15.4. The third-order valence-electron chi connectivity index (χ3n) is 3.71. The van der Waals surface area contributed by atoms with Crippen molar-refractivity contribution in [2.45, 2.75) is 12.8 Å². The quantitative estimate of drug-likeness (QED) is 0.403. The molecule has 27 heavy (non-hydrogen) atoms. The number of hydrogen-bond acceptors (Lipinski definition) is 5. The molecule has 0 aliphatic carbocycles. The highest BCUT2D eigenvalue weighted by Gasteiger charge is 2.05. The van der Waals surface area contributed by atoms with Gasteiger partial charge in [-0.3, -0.25) is 9.59 Å². The first-order valence-electron chi connectivity index (χ1n) is 8.51. The van der Waals surface area contributed by atoms with Crippen molar-refractivity contribution in [3.05, 3.63) is 59.7 Å². The Bertz CT molecular complexity index is 791. The number of ether oxygens (including phenoxy) is 2. The lowest BCUT2D eigenvalue weighted by atomic mass is 10.2. The first kappa shape index (κ1) is 20.0. The number of nitrogens with one attached hydrogen (secondary N) is 2. The molecule has 0 aromatic heterocycles. The van der Waals surface area contributed by atoms with Crippen LogP contribution in [-0.4, -0.2) is 38.8 Å². The van der Waals surface area contributed by atoms with E-state index >= 15 is 0 Å². The van der Waals surface area contributed by atoms with E-state index in [2.05, 4.69) is 15.8 Å². The normalized spacial score (nSPS) is 10.4. The van der Waals surface area contributed by atoms with Crippen LogP contribution in [-0.2, 0) is 4.79 Å². The van der Waals surface area contributed by atoms with E-state index in [9.17, 15) is 9.59 Å². The molecule has 7 nitrogen and oxygen atoms in total. The van der Waals surface area contributed by atoms with Crippen LogP contribution in [0.25, 0.3) is 0 Å². The Hall–Kier alpha value is -3.35. The van der Waals surface area contributed by atoms with Gasteiger partial charge in [-0.05, 0) is 42.3 Å². The summed E-state index contributed by atoms with van der Waals surface area (Å²) < 4.78 is 10.4. The van der Waals surface area contributed by atoms with E-state index in [0.717, 1.165) is 5.56 Å². The minimum atomic E-state index is -0.222. The smallest absolute Gasteiger partial charge is 0.251 e. The number of carbonyl (C=O) groups excluding carboxylic acids is 2. The van der Waals surface area contributed by atoms with Crippen LogP contribution in [0.5, 0.6) is 11.5 Å².